The summed E-state index contributed by atoms with van der Waals surface area (Å²) >= 11 is 0. The first-order valence-corrected chi connectivity index (χ1v) is 14.7. The maximum absolute atomic E-state index is 12.1. The number of aliphatic carboxylic acids is 1. The Kier molecular flexibility index (Phi) is 8.67. The lowest BCUT2D eigenvalue weighted by molar-refractivity contribution is -0.206. The number of nitrogens with one attached hydrogen (secondary N) is 2. The Bertz CT molecular complexity index is 898. The second-order valence-corrected chi connectivity index (χ2v) is 13.1. The topological polar surface area (TPSA) is 145 Å². The summed E-state index contributed by atoms with van der Waals surface area (Å²) < 4.78 is 5.67. The Hall–Kier alpha value is -1.87. The van der Waals surface area contributed by atoms with E-state index in [2.05, 4.69) is 31.4 Å². The van der Waals surface area contributed by atoms with Gasteiger partial charge in [-0.25, -0.2) is 4.79 Å². The maximum Gasteiger partial charge on any atom is 0.407 e. The molecule has 5 N–H and O–H groups in total. The molecule has 11 atom stereocenters. The number of amides is 2. The molecule has 0 unspecified atom stereocenters. The number of ether oxygens (including phenoxy) is 1. The van der Waals surface area contributed by atoms with E-state index in [1.54, 1.807) is 0 Å². The van der Waals surface area contributed by atoms with E-state index < -0.39 is 18.2 Å². The van der Waals surface area contributed by atoms with Gasteiger partial charge in [0, 0.05) is 13.0 Å². The van der Waals surface area contributed by atoms with E-state index in [0.29, 0.717) is 25.8 Å². The van der Waals surface area contributed by atoms with Gasteiger partial charge in [-0.15, -0.1) is 0 Å². The Morgan fingerprint density at radius 1 is 1.03 bits per heavy atom. The van der Waals surface area contributed by atoms with Crippen LogP contribution in [0.5, 0.6) is 0 Å². The highest BCUT2D eigenvalue weighted by molar-refractivity contribution is 5.81. The largest absolute Gasteiger partial charge is 0.480 e. The molecule has 0 aromatic carbocycles. The van der Waals surface area contributed by atoms with E-state index in [9.17, 15) is 24.6 Å². The molecule has 216 valence electrons. The summed E-state index contributed by atoms with van der Waals surface area (Å²) in [4.78, 5) is 34.9. The first-order valence-electron chi connectivity index (χ1n) is 14.7. The summed E-state index contributed by atoms with van der Waals surface area (Å²) in [6, 6.07) is 0. The third-order valence-electron chi connectivity index (χ3n) is 11.4. The molecule has 4 aliphatic rings. The molecule has 38 heavy (non-hydrogen) atoms. The van der Waals surface area contributed by atoms with E-state index in [4.69, 9.17) is 9.84 Å². The highest BCUT2D eigenvalue weighted by Gasteiger charge is 2.65. The zero-order valence-electron chi connectivity index (χ0n) is 23.4. The molecule has 9 nitrogen and oxygen atoms in total. The van der Waals surface area contributed by atoms with Gasteiger partial charge in [0.1, 0.15) is 12.6 Å². The molecule has 4 rings (SSSR count). The molecule has 0 spiro atoms. The van der Waals surface area contributed by atoms with Crippen LogP contribution in [0.2, 0.25) is 0 Å². The second kappa shape index (κ2) is 11.3. The molecule has 4 fully saturated rings. The van der Waals surface area contributed by atoms with Crippen LogP contribution in [-0.2, 0) is 14.3 Å². The fourth-order valence-corrected chi connectivity index (χ4v) is 9.38. The van der Waals surface area contributed by atoms with Crippen molar-refractivity contribution in [2.24, 2.45) is 46.3 Å². The molecular weight excluding hydrogens is 488 g/mol. The number of rotatable bonds is 8. The van der Waals surface area contributed by atoms with Crippen molar-refractivity contribution in [1.82, 2.24) is 10.6 Å². The van der Waals surface area contributed by atoms with E-state index in [0.717, 1.165) is 32.1 Å². The lowest BCUT2D eigenvalue weighted by Gasteiger charge is -2.63. The van der Waals surface area contributed by atoms with Gasteiger partial charge in [-0.1, -0.05) is 20.8 Å². The molecule has 2 amide bonds. The van der Waals surface area contributed by atoms with Gasteiger partial charge >= 0.3 is 12.1 Å². The third-order valence-corrected chi connectivity index (χ3v) is 11.4. The zero-order valence-corrected chi connectivity index (χ0v) is 23.4. The third kappa shape index (κ3) is 5.29. The summed E-state index contributed by atoms with van der Waals surface area (Å²) in [6.45, 7) is 8.72. The summed E-state index contributed by atoms with van der Waals surface area (Å²) in [6.07, 6.45) is 5.32. The number of hydrogen-bond acceptors (Lipinski definition) is 6. The summed E-state index contributed by atoms with van der Waals surface area (Å²) in [7, 11) is 0. The van der Waals surface area contributed by atoms with Gasteiger partial charge in [-0.05, 0) is 105 Å². The lowest BCUT2D eigenvalue weighted by atomic mass is 9.43. The minimum Gasteiger partial charge on any atom is -0.480 e. The minimum absolute atomic E-state index is 0.000763. The van der Waals surface area contributed by atoms with E-state index in [1.807, 2.05) is 6.92 Å². The van der Waals surface area contributed by atoms with Crippen LogP contribution in [0.15, 0.2) is 0 Å². The number of hydrogen-bond donors (Lipinski definition) is 5. The molecule has 0 saturated heterocycles. The number of carbonyl (C=O) groups is 3. The van der Waals surface area contributed by atoms with Gasteiger partial charge in [0.25, 0.3) is 0 Å². The standard InChI is InChI=1S/C29H48N2O7/c1-5-30-27(37)38-18-10-11-28(3)17(12-18)13-22(32)26-20-8-7-19(29(20,4)23(33)14-21(26)28)16(2)6-9-24(34)31-15-25(35)36/h16-23,26,32-33H,5-15H2,1-4H3,(H,30,37)(H,31,34)(H,35,36)/t16-,17+,18-,19-,20+,21+,22-,23+,26+,28+,29-/m1/s1. The fraction of sp³-hybridized carbons (Fsp3) is 0.897. The Labute approximate surface area is 226 Å². The Morgan fingerprint density at radius 2 is 1.76 bits per heavy atom. The molecule has 0 aromatic heterocycles. The SMILES string of the molecule is CCNC(=O)O[C@@H]1CC[C@@]2(C)[C@@H](C1)C[C@@H](O)[C@@H]1[C@@H]2C[C@H](O)[C@]2(C)[C@@H]([C@H](C)CCC(=O)NCC(=O)O)CC[C@@H]12. The Balaban J connectivity index is 1.45. The van der Waals surface area contributed by atoms with Gasteiger partial charge in [0.2, 0.25) is 5.91 Å². The first-order chi connectivity index (χ1) is 17.9. The molecule has 0 aromatic rings. The smallest absolute Gasteiger partial charge is 0.407 e. The van der Waals surface area contributed by atoms with Crippen LogP contribution >= 0.6 is 0 Å². The van der Waals surface area contributed by atoms with Gasteiger partial charge in [0.05, 0.1) is 12.2 Å². The molecular formula is C29H48N2O7. The normalized spacial score (nSPS) is 42.7. The van der Waals surface area contributed by atoms with Crippen molar-refractivity contribution in [3.8, 4) is 0 Å². The van der Waals surface area contributed by atoms with Crippen molar-refractivity contribution in [3.05, 3.63) is 0 Å². The van der Waals surface area contributed by atoms with Crippen molar-refractivity contribution in [2.75, 3.05) is 13.1 Å². The monoisotopic (exact) mass is 536 g/mol. The molecule has 0 heterocycles. The van der Waals surface area contributed by atoms with Crippen LogP contribution in [0.25, 0.3) is 0 Å². The number of fused-ring (bicyclic) bond motifs is 5. The van der Waals surface area contributed by atoms with Gasteiger partial charge in [0.15, 0.2) is 0 Å². The summed E-state index contributed by atoms with van der Waals surface area (Å²) in [5, 5.41) is 37.2. The molecule has 9 heteroatoms. The van der Waals surface area contributed by atoms with Crippen LogP contribution in [0.3, 0.4) is 0 Å². The van der Waals surface area contributed by atoms with Crippen molar-refractivity contribution >= 4 is 18.0 Å². The molecule has 4 aliphatic carbocycles. The average molecular weight is 537 g/mol. The maximum atomic E-state index is 12.1. The van der Waals surface area contributed by atoms with Gasteiger partial charge in [-0.3, -0.25) is 9.59 Å². The van der Waals surface area contributed by atoms with E-state index >= 15 is 0 Å². The van der Waals surface area contributed by atoms with Crippen molar-refractivity contribution in [1.29, 1.82) is 0 Å². The van der Waals surface area contributed by atoms with Crippen LogP contribution in [0, 0.1) is 46.3 Å². The lowest BCUT2D eigenvalue weighted by Crippen LogP contribution is -2.62. The number of aliphatic hydroxyl groups is 2. The predicted octanol–water partition coefficient (Wildman–Crippen LogP) is 3.32. The minimum atomic E-state index is -1.05. The highest BCUT2D eigenvalue weighted by Crippen LogP contribution is 2.68. The second-order valence-electron chi connectivity index (χ2n) is 13.1. The first kappa shape index (κ1) is 29.1. The highest BCUT2D eigenvalue weighted by atomic mass is 16.6. The molecule has 0 bridgehead atoms. The summed E-state index contributed by atoms with van der Waals surface area (Å²) in [5.41, 5.74) is -0.319. The van der Waals surface area contributed by atoms with Crippen LogP contribution in [0.1, 0.15) is 85.5 Å². The summed E-state index contributed by atoms with van der Waals surface area (Å²) in [5.74, 6) is -0.0101. The predicted molar refractivity (Wildman–Crippen MR) is 141 cm³/mol. The molecule has 4 saturated carbocycles. The number of alkyl carbamates (subject to hydrolysis) is 1. The van der Waals surface area contributed by atoms with Gasteiger partial charge < -0.3 is 30.7 Å². The zero-order chi connectivity index (χ0) is 27.8. The van der Waals surface area contributed by atoms with Crippen molar-refractivity contribution in [3.63, 3.8) is 0 Å². The fourth-order valence-electron chi connectivity index (χ4n) is 9.38. The van der Waals surface area contributed by atoms with Crippen LogP contribution in [0.4, 0.5) is 4.79 Å². The van der Waals surface area contributed by atoms with E-state index in [1.165, 1.54) is 0 Å². The molecule has 0 radical (unpaired) electrons. The van der Waals surface area contributed by atoms with Crippen molar-refractivity contribution < 1.29 is 34.4 Å². The van der Waals surface area contributed by atoms with Crippen LogP contribution in [-0.4, -0.2) is 64.7 Å². The number of carbonyl (C=O) groups excluding carboxylic acids is 2. The van der Waals surface area contributed by atoms with Crippen LogP contribution < -0.4 is 10.6 Å². The molecule has 0 aliphatic heterocycles. The average Bonchev–Trinajstić information content (AvgIpc) is 3.21. The number of carboxylic acids is 1. The van der Waals surface area contributed by atoms with E-state index in [-0.39, 0.29) is 77.4 Å². The quantitative estimate of drug-likeness (QED) is 0.320. The van der Waals surface area contributed by atoms with Gasteiger partial charge in [-0.2, -0.15) is 0 Å². The Morgan fingerprint density at radius 3 is 2.45 bits per heavy atom. The number of aliphatic hydroxyl groups excluding tert-OH is 2. The van der Waals surface area contributed by atoms with Crippen molar-refractivity contribution in [2.45, 2.75) is 104 Å². The number of carboxylic acid groups (broad SMARTS) is 1.